The fourth-order valence-electron chi connectivity index (χ4n) is 5.65. The summed E-state index contributed by atoms with van der Waals surface area (Å²) >= 11 is 0. The van der Waals surface area contributed by atoms with Crippen molar-refractivity contribution in [3.05, 3.63) is 29.0 Å². The van der Waals surface area contributed by atoms with Crippen LogP contribution in [0, 0.1) is 23.0 Å². The molecule has 4 nitrogen and oxygen atoms in total. The first kappa shape index (κ1) is 15.8. The number of hydrogen-bond acceptors (Lipinski definition) is 3. The van der Waals surface area contributed by atoms with Crippen LogP contribution in [0.25, 0.3) is 0 Å². The summed E-state index contributed by atoms with van der Waals surface area (Å²) in [6.45, 7) is 2.53. The molecule has 0 atom stereocenters. The van der Waals surface area contributed by atoms with Gasteiger partial charge in [-0.15, -0.1) is 0 Å². The lowest BCUT2D eigenvalue weighted by Gasteiger charge is -2.54. The molecule has 0 radical (unpaired) electrons. The second-order valence-electron chi connectivity index (χ2n) is 7.94. The molecular weight excluding hydrogens is 302 g/mol. The molecule has 5 rings (SSSR count). The van der Waals surface area contributed by atoms with Gasteiger partial charge in [0.1, 0.15) is 0 Å². The zero-order valence-electron chi connectivity index (χ0n) is 14.7. The van der Waals surface area contributed by atoms with Crippen LogP contribution in [0.1, 0.15) is 51.0 Å². The largest absolute Gasteiger partial charge is 0.623 e. The van der Waals surface area contributed by atoms with Crippen molar-refractivity contribution in [2.24, 2.45) is 17.8 Å². The van der Waals surface area contributed by atoms with Crippen LogP contribution >= 0.6 is 0 Å². The topological polar surface area (TPSA) is 44.5 Å². The Morgan fingerprint density at radius 3 is 2.29 bits per heavy atom. The zero-order valence-corrected chi connectivity index (χ0v) is 14.7. The van der Waals surface area contributed by atoms with E-state index in [1.54, 1.807) is 13.3 Å². The van der Waals surface area contributed by atoms with Crippen LogP contribution in [-0.4, -0.2) is 30.2 Å². The van der Waals surface area contributed by atoms with E-state index < -0.39 is 0 Å². The second kappa shape index (κ2) is 5.98. The van der Waals surface area contributed by atoms with Gasteiger partial charge in [-0.2, -0.15) is 0 Å². The van der Waals surface area contributed by atoms with Gasteiger partial charge in [0.25, 0.3) is 0 Å². The molecule has 0 aromatic heterocycles. The van der Waals surface area contributed by atoms with Gasteiger partial charge in [-0.25, -0.2) is 4.74 Å². The molecule has 1 aromatic carbocycles. The van der Waals surface area contributed by atoms with Crippen LogP contribution in [-0.2, 0) is 0 Å². The van der Waals surface area contributed by atoms with Crippen LogP contribution in [0.3, 0.4) is 0 Å². The van der Waals surface area contributed by atoms with Crippen LogP contribution < -0.4 is 9.47 Å². The summed E-state index contributed by atoms with van der Waals surface area (Å²) in [5, 5.41) is 13.1. The average molecular weight is 329 g/mol. The molecule has 4 heteroatoms. The molecule has 4 saturated carbocycles. The van der Waals surface area contributed by atoms with Crippen LogP contribution in [0.5, 0.6) is 11.5 Å². The number of benzene rings is 1. The van der Waals surface area contributed by atoms with Crippen molar-refractivity contribution in [2.75, 3.05) is 13.7 Å². The molecule has 0 heterocycles. The Kier molecular flexibility index (Phi) is 3.93. The Balaban J connectivity index is 1.62. The monoisotopic (exact) mass is 329 g/mol. The minimum absolute atomic E-state index is 0.152. The number of nitrogens with zero attached hydrogens (tertiary/aromatic N) is 1. The molecule has 4 aliphatic carbocycles. The number of methoxy groups -OCH3 is 1. The first-order valence-corrected chi connectivity index (χ1v) is 9.24. The second-order valence-corrected chi connectivity index (χ2v) is 7.94. The highest BCUT2D eigenvalue weighted by molar-refractivity contribution is 5.77. The van der Waals surface area contributed by atoms with E-state index >= 15 is 0 Å². The van der Waals surface area contributed by atoms with E-state index in [2.05, 4.69) is 0 Å². The van der Waals surface area contributed by atoms with Crippen molar-refractivity contribution in [1.82, 2.24) is 0 Å². The number of rotatable bonds is 5. The molecule has 0 spiro atoms. The Bertz CT molecular complexity index is 617. The Labute approximate surface area is 144 Å². The highest BCUT2D eigenvalue weighted by Gasteiger charge is 2.56. The molecule has 0 aliphatic heterocycles. The van der Waals surface area contributed by atoms with Gasteiger partial charge < -0.3 is 14.7 Å². The predicted molar refractivity (Wildman–Crippen MR) is 93.9 cm³/mol. The van der Waals surface area contributed by atoms with E-state index in [9.17, 15) is 5.21 Å². The molecule has 1 aromatic rings. The van der Waals surface area contributed by atoms with Crippen molar-refractivity contribution in [3.63, 3.8) is 0 Å². The smallest absolute Gasteiger partial charge is 0.182 e. The van der Waals surface area contributed by atoms with Gasteiger partial charge in [-0.3, -0.25) is 0 Å². The van der Waals surface area contributed by atoms with Crippen molar-refractivity contribution >= 4 is 6.21 Å². The van der Waals surface area contributed by atoms with Crippen molar-refractivity contribution in [2.45, 2.75) is 51.0 Å². The van der Waals surface area contributed by atoms with Crippen molar-refractivity contribution in [1.29, 1.82) is 0 Å². The summed E-state index contributed by atoms with van der Waals surface area (Å²) in [6.07, 6.45) is 9.06. The Morgan fingerprint density at radius 1 is 1.12 bits per heavy atom. The van der Waals surface area contributed by atoms with Crippen LogP contribution in [0.15, 0.2) is 18.2 Å². The first-order valence-electron chi connectivity index (χ1n) is 9.24. The van der Waals surface area contributed by atoms with E-state index in [1.165, 1.54) is 24.0 Å². The summed E-state index contributed by atoms with van der Waals surface area (Å²) < 4.78 is 12.2. The maximum atomic E-state index is 13.1. The standard InChI is InChI=1S/C20H27NO3/c1-3-24-19-9-14(4-5-18(19)23-2)13-21(22)20-10-15-6-16(11-20)8-17(7-15)12-20/h4-5,9,13,15-17H,3,6-8,10-12H2,1-2H3. The highest BCUT2D eigenvalue weighted by Crippen LogP contribution is 2.56. The van der Waals surface area contributed by atoms with E-state index in [1.807, 2.05) is 25.1 Å². The van der Waals surface area contributed by atoms with E-state index in [-0.39, 0.29) is 5.54 Å². The van der Waals surface area contributed by atoms with E-state index in [4.69, 9.17) is 9.47 Å². The molecule has 4 bridgehead atoms. The maximum Gasteiger partial charge on any atom is 0.182 e. The molecule has 0 N–H and O–H groups in total. The molecule has 24 heavy (non-hydrogen) atoms. The molecule has 4 aliphatic rings. The van der Waals surface area contributed by atoms with Gasteiger partial charge in [-0.1, -0.05) is 0 Å². The third-order valence-electron chi connectivity index (χ3n) is 6.23. The lowest BCUT2D eigenvalue weighted by atomic mass is 9.53. The number of hydrogen-bond donors (Lipinski definition) is 0. The van der Waals surface area contributed by atoms with Gasteiger partial charge in [0, 0.05) is 24.8 Å². The maximum absolute atomic E-state index is 13.1. The third kappa shape index (κ3) is 2.66. The fraction of sp³-hybridized carbons (Fsp3) is 0.650. The van der Waals surface area contributed by atoms with Gasteiger partial charge in [0.05, 0.1) is 13.7 Å². The molecule has 0 saturated heterocycles. The fourth-order valence-corrected chi connectivity index (χ4v) is 5.65. The lowest BCUT2D eigenvalue weighted by molar-refractivity contribution is -0.566. The summed E-state index contributed by atoms with van der Waals surface area (Å²) in [6, 6.07) is 5.73. The molecule has 0 unspecified atom stereocenters. The van der Waals surface area contributed by atoms with Gasteiger partial charge in [-0.05, 0) is 62.1 Å². The van der Waals surface area contributed by atoms with Gasteiger partial charge >= 0.3 is 0 Å². The summed E-state index contributed by atoms with van der Waals surface area (Å²) in [7, 11) is 1.64. The van der Waals surface area contributed by atoms with Gasteiger partial charge in [0.2, 0.25) is 0 Å². The highest BCUT2D eigenvalue weighted by atomic mass is 16.5. The van der Waals surface area contributed by atoms with Gasteiger partial charge in [0.15, 0.2) is 23.3 Å². The number of hydroxylamine groups is 1. The zero-order chi connectivity index (χ0) is 16.7. The number of ether oxygens (including phenoxy) is 2. The Hall–Kier alpha value is -1.71. The lowest BCUT2D eigenvalue weighted by Crippen LogP contribution is -2.55. The minimum Gasteiger partial charge on any atom is -0.623 e. The van der Waals surface area contributed by atoms with Crippen molar-refractivity contribution in [3.8, 4) is 11.5 Å². The quantitative estimate of drug-likeness (QED) is 0.355. The van der Waals surface area contributed by atoms with Crippen LogP contribution in [0.4, 0.5) is 0 Å². The average Bonchev–Trinajstić information content (AvgIpc) is 2.54. The Morgan fingerprint density at radius 2 is 1.75 bits per heavy atom. The predicted octanol–water partition coefficient (Wildman–Crippen LogP) is 3.99. The van der Waals surface area contributed by atoms with E-state index in [0.717, 1.165) is 42.6 Å². The van der Waals surface area contributed by atoms with E-state index in [0.29, 0.717) is 18.1 Å². The molecule has 130 valence electrons. The summed E-state index contributed by atoms with van der Waals surface area (Å²) in [5.74, 6) is 3.73. The minimum atomic E-state index is -0.152. The molecule has 0 amide bonds. The summed E-state index contributed by atoms with van der Waals surface area (Å²) in [4.78, 5) is 0. The summed E-state index contributed by atoms with van der Waals surface area (Å²) in [5.41, 5.74) is 0.741. The molecular formula is C20H27NO3. The third-order valence-corrected chi connectivity index (χ3v) is 6.23. The van der Waals surface area contributed by atoms with Crippen LogP contribution in [0.2, 0.25) is 0 Å². The SMILES string of the molecule is CCOc1cc(C=[N+]([O-])C23CC4CC(CC(C4)C2)C3)ccc1OC. The molecule has 4 fully saturated rings. The normalized spacial score (nSPS) is 34.4. The van der Waals surface area contributed by atoms with Crippen molar-refractivity contribution < 1.29 is 14.2 Å². The first-order chi connectivity index (χ1) is 11.6.